The maximum Gasteiger partial charge on any atom is 0.416 e. The highest BCUT2D eigenvalue weighted by Gasteiger charge is 2.31. The maximum atomic E-state index is 12.8. The van der Waals surface area contributed by atoms with E-state index < -0.39 is 11.7 Å². The minimum atomic E-state index is -4.30. The van der Waals surface area contributed by atoms with Crippen LogP contribution in [-0.2, 0) is 6.18 Å². The summed E-state index contributed by atoms with van der Waals surface area (Å²) in [5.41, 5.74) is 6.12. The van der Waals surface area contributed by atoms with Crippen molar-refractivity contribution in [3.05, 3.63) is 29.8 Å². The van der Waals surface area contributed by atoms with Gasteiger partial charge in [0.05, 0.1) is 5.56 Å². The molecule has 21 heavy (non-hydrogen) atoms. The van der Waals surface area contributed by atoms with Gasteiger partial charge in [0.1, 0.15) is 0 Å². The number of rotatable bonds is 4. The minimum Gasteiger partial charge on any atom is -0.370 e. The van der Waals surface area contributed by atoms with Gasteiger partial charge in [-0.2, -0.15) is 13.2 Å². The standard InChI is InChI=1S/C16H23F3N2/c1-2-3-5-12-8-14(20)11-21(10-12)15-7-4-6-13(9-15)16(17,18)19/h4,6-7,9,12,14H,2-3,5,8,10-11,20H2,1H3. The quantitative estimate of drug-likeness (QED) is 0.909. The van der Waals surface area contributed by atoms with Crippen molar-refractivity contribution in [2.45, 2.75) is 44.8 Å². The number of nitrogens with zero attached hydrogens (tertiary/aromatic N) is 1. The van der Waals surface area contributed by atoms with Gasteiger partial charge in [-0.1, -0.05) is 25.8 Å². The predicted octanol–water partition coefficient (Wildman–Crippen LogP) is 4.05. The zero-order chi connectivity index (χ0) is 15.5. The third-order valence-corrected chi connectivity index (χ3v) is 4.07. The normalized spacial score (nSPS) is 23.4. The molecule has 2 unspecified atom stereocenters. The number of piperidine rings is 1. The summed E-state index contributed by atoms with van der Waals surface area (Å²) in [5.74, 6) is 0.475. The monoisotopic (exact) mass is 300 g/mol. The summed E-state index contributed by atoms with van der Waals surface area (Å²) in [5, 5.41) is 0. The number of hydrogen-bond acceptors (Lipinski definition) is 2. The van der Waals surface area contributed by atoms with Crippen LogP contribution in [0.4, 0.5) is 18.9 Å². The van der Waals surface area contributed by atoms with Crippen molar-refractivity contribution in [2.24, 2.45) is 11.7 Å². The topological polar surface area (TPSA) is 29.3 Å². The Labute approximate surface area is 124 Å². The van der Waals surface area contributed by atoms with Gasteiger partial charge in [0.2, 0.25) is 0 Å². The molecule has 1 aromatic carbocycles. The fourth-order valence-electron chi connectivity index (χ4n) is 3.04. The number of hydrogen-bond donors (Lipinski definition) is 1. The second-order valence-electron chi connectivity index (χ2n) is 5.96. The zero-order valence-corrected chi connectivity index (χ0v) is 12.4. The van der Waals surface area contributed by atoms with Crippen molar-refractivity contribution in [3.8, 4) is 0 Å². The highest BCUT2D eigenvalue weighted by atomic mass is 19.4. The van der Waals surface area contributed by atoms with Crippen LogP contribution in [0.25, 0.3) is 0 Å². The van der Waals surface area contributed by atoms with E-state index in [4.69, 9.17) is 5.73 Å². The van der Waals surface area contributed by atoms with Crippen LogP contribution < -0.4 is 10.6 Å². The molecule has 0 amide bonds. The SMILES string of the molecule is CCCCC1CC(N)CN(c2cccc(C(F)(F)F)c2)C1. The zero-order valence-electron chi connectivity index (χ0n) is 12.4. The van der Waals surface area contributed by atoms with Gasteiger partial charge >= 0.3 is 6.18 Å². The fourth-order valence-corrected chi connectivity index (χ4v) is 3.04. The van der Waals surface area contributed by atoms with Gasteiger partial charge in [-0.25, -0.2) is 0 Å². The summed E-state index contributed by atoms with van der Waals surface area (Å²) >= 11 is 0. The van der Waals surface area contributed by atoms with Crippen molar-refractivity contribution < 1.29 is 13.2 Å². The lowest BCUT2D eigenvalue weighted by atomic mass is 9.90. The van der Waals surface area contributed by atoms with Crippen LogP contribution in [-0.4, -0.2) is 19.1 Å². The lowest BCUT2D eigenvalue weighted by Crippen LogP contribution is -2.47. The molecule has 1 heterocycles. The summed E-state index contributed by atoms with van der Waals surface area (Å²) in [6.07, 6.45) is 0.0494. The van der Waals surface area contributed by atoms with Crippen LogP contribution in [0.3, 0.4) is 0 Å². The first-order valence-corrected chi connectivity index (χ1v) is 7.58. The molecule has 0 aromatic heterocycles. The maximum absolute atomic E-state index is 12.8. The summed E-state index contributed by atoms with van der Waals surface area (Å²) in [4.78, 5) is 2.00. The van der Waals surface area contributed by atoms with Crippen LogP contribution in [0.2, 0.25) is 0 Å². The molecule has 0 saturated carbocycles. The van der Waals surface area contributed by atoms with Crippen molar-refractivity contribution >= 4 is 5.69 Å². The van der Waals surface area contributed by atoms with E-state index >= 15 is 0 Å². The van der Waals surface area contributed by atoms with Gasteiger partial charge in [-0.05, 0) is 37.0 Å². The molecule has 1 aliphatic rings. The lowest BCUT2D eigenvalue weighted by Gasteiger charge is -2.38. The minimum absolute atomic E-state index is 0.0372. The van der Waals surface area contributed by atoms with Gasteiger partial charge in [-0.15, -0.1) is 0 Å². The van der Waals surface area contributed by atoms with E-state index in [1.807, 2.05) is 4.90 Å². The summed E-state index contributed by atoms with van der Waals surface area (Å²) < 4.78 is 38.4. The van der Waals surface area contributed by atoms with Crippen LogP contribution >= 0.6 is 0 Å². The molecule has 1 aliphatic heterocycles. The number of halogens is 3. The van der Waals surface area contributed by atoms with Gasteiger partial charge < -0.3 is 10.6 Å². The number of nitrogens with two attached hydrogens (primary N) is 1. The average Bonchev–Trinajstić information content (AvgIpc) is 2.44. The number of alkyl halides is 3. The third kappa shape index (κ3) is 4.37. The van der Waals surface area contributed by atoms with Crippen molar-refractivity contribution in [3.63, 3.8) is 0 Å². The average molecular weight is 300 g/mol. The Hall–Kier alpha value is -1.23. The first-order chi connectivity index (χ1) is 9.90. The van der Waals surface area contributed by atoms with E-state index in [1.165, 1.54) is 12.1 Å². The second kappa shape index (κ2) is 6.69. The molecule has 5 heteroatoms. The third-order valence-electron chi connectivity index (χ3n) is 4.07. The Bertz CT molecular complexity index is 459. The molecule has 2 atom stereocenters. The van der Waals surface area contributed by atoms with Crippen LogP contribution in [0.5, 0.6) is 0 Å². The molecule has 1 aromatic rings. The van der Waals surface area contributed by atoms with E-state index in [0.717, 1.165) is 38.3 Å². The number of unbranched alkanes of at least 4 members (excludes halogenated alkanes) is 1. The Morgan fingerprint density at radius 2 is 2.05 bits per heavy atom. The second-order valence-corrected chi connectivity index (χ2v) is 5.96. The molecule has 1 saturated heterocycles. The molecule has 0 spiro atoms. The summed E-state index contributed by atoms with van der Waals surface area (Å²) in [6.45, 7) is 3.58. The van der Waals surface area contributed by atoms with E-state index in [1.54, 1.807) is 6.07 Å². The highest BCUT2D eigenvalue weighted by Crippen LogP contribution is 2.33. The molecule has 0 bridgehead atoms. The van der Waals surface area contributed by atoms with E-state index in [2.05, 4.69) is 6.92 Å². The smallest absolute Gasteiger partial charge is 0.370 e. The van der Waals surface area contributed by atoms with Crippen LogP contribution in [0.1, 0.15) is 38.2 Å². The Morgan fingerprint density at radius 1 is 1.29 bits per heavy atom. The highest BCUT2D eigenvalue weighted by molar-refractivity contribution is 5.50. The Balaban J connectivity index is 2.13. The first-order valence-electron chi connectivity index (χ1n) is 7.58. The first kappa shape index (κ1) is 16.1. The molecule has 0 radical (unpaired) electrons. The lowest BCUT2D eigenvalue weighted by molar-refractivity contribution is -0.137. The van der Waals surface area contributed by atoms with Crippen LogP contribution in [0, 0.1) is 5.92 Å². The van der Waals surface area contributed by atoms with E-state index in [0.29, 0.717) is 18.2 Å². The largest absolute Gasteiger partial charge is 0.416 e. The molecule has 0 aliphatic carbocycles. The predicted molar refractivity (Wildman–Crippen MR) is 79.3 cm³/mol. The number of anilines is 1. The van der Waals surface area contributed by atoms with Crippen LogP contribution in [0.15, 0.2) is 24.3 Å². The van der Waals surface area contributed by atoms with Crippen molar-refractivity contribution in [1.82, 2.24) is 0 Å². The van der Waals surface area contributed by atoms with E-state index in [9.17, 15) is 13.2 Å². The van der Waals surface area contributed by atoms with Crippen molar-refractivity contribution in [2.75, 3.05) is 18.0 Å². The molecular weight excluding hydrogens is 277 g/mol. The van der Waals surface area contributed by atoms with E-state index in [-0.39, 0.29) is 6.04 Å². The molecule has 1 fully saturated rings. The molecule has 118 valence electrons. The fraction of sp³-hybridized carbons (Fsp3) is 0.625. The van der Waals surface area contributed by atoms with Gasteiger partial charge in [0.15, 0.2) is 0 Å². The van der Waals surface area contributed by atoms with Gasteiger partial charge in [0, 0.05) is 24.8 Å². The molecule has 2 rings (SSSR count). The number of benzene rings is 1. The van der Waals surface area contributed by atoms with Gasteiger partial charge in [-0.3, -0.25) is 0 Å². The Morgan fingerprint density at radius 3 is 2.71 bits per heavy atom. The van der Waals surface area contributed by atoms with Crippen molar-refractivity contribution in [1.29, 1.82) is 0 Å². The molecular formula is C16H23F3N2. The van der Waals surface area contributed by atoms with Gasteiger partial charge in [0.25, 0.3) is 0 Å². The molecule has 2 N–H and O–H groups in total. The molecule has 2 nitrogen and oxygen atoms in total. The summed E-state index contributed by atoms with van der Waals surface area (Å²) in [6, 6.07) is 5.59. The Kier molecular flexibility index (Phi) is 5.14. The summed E-state index contributed by atoms with van der Waals surface area (Å²) in [7, 11) is 0.